The molecule has 3 rings (SSSR count). The van der Waals surface area contributed by atoms with E-state index in [9.17, 15) is 4.79 Å². The third-order valence-corrected chi connectivity index (χ3v) is 4.78. The van der Waals surface area contributed by atoms with Gasteiger partial charge >= 0.3 is 0 Å². The van der Waals surface area contributed by atoms with Gasteiger partial charge in [-0.1, -0.05) is 87.5 Å². The summed E-state index contributed by atoms with van der Waals surface area (Å²) in [4.78, 5) is 12.1. The maximum Gasteiger partial charge on any atom is 0.225 e. The number of carbonyl (C=O) groups is 1. The molecule has 0 aromatic heterocycles. The van der Waals surface area contributed by atoms with Crippen LogP contribution in [-0.2, 0) is 16.6 Å². The van der Waals surface area contributed by atoms with Crippen molar-refractivity contribution in [1.82, 2.24) is 0 Å². The molecular weight excluding hydrogens is 306 g/mol. The third kappa shape index (κ3) is 3.90. The Morgan fingerprint density at radius 1 is 0.920 bits per heavy atom. The minimum atomic E-state index is -0.315. The van der Waals surface area contributed by atoms with Crippen LogP contribution in [0.15, 0.2) is 66.7 Å². The summed E-state index contributed by atoms with van der Waals surface area (Å²) in [5.41, 5.74) is 9.24. The number of benzene rings is 3. The Labute approximate surface area is 149 Å². The van der Waals surface area contributed by atoms with Crippen molar-refractivity contribution >= 4 is 16.7 Å². The zero-order valence-corrected chi connectivity index (χ0v) is 15.1. The quantitative estimate of drug-likeness (QED) is 0.722. The number of hydrogen-bond donors (Lipinski definition) is 1. The molecule has 3 aromatic carbocycles. The van der Waals surface area contributed by atoms with Gasteiger partial charge < -0.3 is 5.73 Å². The van der Waals surface area contributed by atoms with Crippen molar-refractivity contribution < 1.29 is 4.79 Å². The van der Waals surface area contributed by atoms with Gasteiger partial charge in [-0.15, -0.1) is 0 Å². The molecule has 0 spiro atoms. The second-order valence-electron chi connectivity index (χ2n) is 7.71. The molecule has 0 fully saturated rings. The molecule has 2 nitrogen and oxygen atoms in total. The van der Waals surface area contributed by atoms with E-state index < -0.39 is 0 Å². The third-order valence-electron chi connectivity index (χ3n) is 4.78. The van der Waals surface area contributed by atoms with Crippen LogP contribution in [0, 0.1) is 0 Å². The van der Waals surface area contributed by atoms with Gasteiger partial charge in [-0.3, -0.25) is 4.79 Å². The molecule has 0 bridgehead atoms. The van der Waals surface area contributed by atoms with Crippen LogP contribution in [0.2, 0.25) is 0 Å². The van der Waals surface area contributed by atoms with Gasteiger partial charge in [-0.2, -0.15) is 0 Å². The van der Waals surface area contributed by atoms with Crippen LogP contribution in [0.5, 0.6) is 0 Å². The van der Waals surface area contributed by atoms with Gasteiger partial charge in [-0.25, -0.2) is 0 Å². The average molecular weight is 331 g/mol. The molecule has 2 N–H and O–H groups in total. The molecule has 1 unspecified atom stereocenters. The lowest BCUT2D eigenvalue weighted by Crippen LogP contribution is -2.23. The maximum atomic E-state index is 12.1. The van der Waals surface area contributed by atoms with Crippen molar-refractivity contribution in [3.05, 3.63) is 83.4 Å². The number of nitrogens with two attached hydrogens (primary N) is 1. The highest BCUT2D eigenvalue weighted by molar-refractivity contribution is 5.87. The summed E-state index contributed by atoms with van der Waals surface area (Å²) in [7, 11) is 0. The van der Waals surface area contributed by atoms with E-state index in [1.807, 2.05) is 18.2 Å². The molecule has 0 heterocycles. The lowest BCUT2D eigenvalue weighted by Gasteiger charge is -2.20. The number of hydrogen-bond acceptors (Lipinski definition) is 1. The summed E-state index contributed by atoms with van der Waals surface area (Å²) in [6.45, 7) is 6.59. The standard InChI is InChI=1S/C23H25NO/c1-23(2,3)20-12-8-16(9-13-20)14-21(22(24)25)19-11-10-17-6-4-5-7-18(17)15-19/h4-13,15,21H,14H2,1-3H3,(H2,24,25). The van der Waals surface area contributed by atoms with Crippen molar-refractivity contribution in [3.63, 3.8) is 0 Å². The smallest absolute Gasteiger partial charge is 0.225 e. The van der Waals surface area contributed by atoms with E-state index >= 15 is 0 Å². The van der Waals surface area contributed by atoms with Gasteiger partial charge in [0.25, 0.3) is 0 Å². The Hall–Kier alpha value is -2.61. The normalized spacial score (nSPS) is 12.9. The van der Waals surface area contributed by atoms with Crippen LogP contribution in [0.25, 0.3) is 10.8 Å². The summed E-state index contributed by atoms with van der Waals surface area (Å²) >= 11 is 0. The summed E-state index contributed by atoms with van der Waals surface area (Å²) in [6, 6.07) is 22.8. The maximum absolute atomic E-state index is 12.1. The van der Waals surface area contributed by atoms with E-state index in [1.165, 1.54) is 10.9 Å². The molecule has 0 radical (unpaired) electrons. The molecule has 128 valence electrons. The van der Waals surface area contributed by atoms with E-state index in [2.05, 4.69) is 69.3 Å². The van der Waals surface area contributed by atoms with Crippen LogP contribution >= 0.6 is 0 Å². The Balaban J connectivity index is 1.89. The Bertz CT molecular complexity index is 888. The van der Waals surface area contributed by atoms with Gasteiger partial charge in [0.2, 0.25) is 5.91 Å². The van der Waals surface area contributed by atoms with Gasteiger partial charge in [0.1, 0.15) is 0 Å². The Kier molecular flexibility index (Phi) is 4.63. The second-order valence-corrected chi connectivity index (χ2v) is 7.71. The molecule has 1 atom stereocenters. The highest BCUT2D eigenvalue weighted by atomic mass is 16.1. The first-order valence-corrected chi connectivity index (χ1v) is 8.72. The highest BCUT2D eigenvalue weighted by Gasteiger charge is 2.19. The summed E-state index contributed by atoms with van der Waals surface area (Å²) in [5, 5.41) is 2.30. The van der Waals surface area contributed by atoms with Gasteiger partial charge in [-0.05, 0) is 39.3 Å². The second kappa shape index (κ2) is 6.72. The van der Waals surface area contributed by atoms with Crippen LogP contribution in [0.4, 0.5) is 0 Å². The first-order chi connectivity index (χ1) is 11.8. The predicted octanol–water partition coefficient (Wildman–Crippen LogP) is 4.95. The van der Waals surface area contributed by atoms with E-state index in [0.717, 1.165) is 16.5 Å². The Morgan fingerprint density at radius 2 is 1.56 bits per heavy atom. The number of rotatable bonds is 4. The molecule has 0 aliphatic rings. The van der Waals surface area contributed by atoms with Crippen molar-refractivity contribution in [2.75, 3.05) is 0 Å². The van der Waals surface area contributed by atoms with Crippen LogP contribution in [-0.4, -0.2) is 5.91 Å². The molecule has 0 aliphatic carbocycles. The fourth-order valence-corrected chi connectivity index (χ4v) is 3.18. The zero-order valence-electron chi connectivity index (χ0n) is 15.1. The van der Waals surface area contributed by atoms with Crippen molar-refractivity contribution in [2.24, 2.45) is 5.73 Å². The fourth-order valence-electron chi connectivity index (χ4n) is 3.18. The van der Waals surface area contributed by atoms with Gasteiger partial charge in [0.15, 0.2) is 0 Å². The van der Waals surface area contributed by atoms with Crippen molar-refractivity contribution in [1.29, 1.82) is 0 Å². The summed E-state index contributed by atoms with van der Waals surface area (Å²) in [6.07, 6.45) is 0.623. The molecule has 0 aliphatic heterocycles. The Morgan fingerprint density at radius 3 is 2.16 bits per heavy atom. The molecule has 3 aromatic rings. The lowest BCUT2D eigenvalue weighted by atomic mass is 9.85. The van der Waals surface area contributed by atoms with E-state index in [4.69, 9.17) is 5.73 Å². The van der Waals surface area contributed by atoms with E-state index in [0.29, 0.717) is 6.42 Å². The van der Waals surface area contributed by atoms with Crippen LogP contribution < -0.4 is 5.73 Å². The summed E-state index contributed by atoms with van der Waals surface area (Å²) < 4.78 is 0. The monoisotopic (exact) mass is 331 g/mol. The number of amides is 1. The molecule has 1 amide bonds. The number of fused-ring (bicyclic) bond motifs is 1. The summed E-state index contributed by atoms with van der Waals surface area (Å²) in [5.74, 6) is -0.597. The van der Waals surface area contributed by atoms with Crippen molar-refractivity contribution in [3.8, 4) is 0 Å². The fraction of sp³-hybridized carbons (Fsp3) is 0.261. The topological polar surface area (TPSA) is 43.1 Å². The first-order valence-electron chi connectivity index (χ1n) is 8.72. The molecule has 0 saturated carbocycles. The number of primary amides is 1. The van der Waals surface area contributed by atoms with E-state index in [1.54, 1.807) is 0 Å². The minimum absolute atomic E-state index is 0.125. The molecule has 0 saturated heterocycles. The SMILES string of the molecule is CC(C)(C)c1ccc(CC(C(N)=O)c2ccc3ccccc3c2)cc1. The highest BCUT2D eigenvalue weighted by Crippen LogP contribution is 2.27. The van der Waals surface area contributed by atoms with Gasteiger partial charge in [0.05, 0.1) is 5.92 Å². The van der Waals surface area contributed by atoms with Gasteiger partial charge in [0, 0.05) is 0 Å². The molecular formula is C23H25NO. The van der Waals surface area contributed by atoms with E-state index in [-0.39, 0.29) is 17.2 Å². The average Bonchev–Trinajstić information content (AvgIpc) is 2.58. The van der Waals surface area contributed by atoms with Crippen LogP contribution in [0.3, 0.4) is 0 Å². The lowest BCUT2D eigenvalue weighted by molar-refractivity contribution is -0.119. The predicted molar refractivity (Wildman–Crippen MR) is 105 cm³/mol. The largest absolute Gasteiger partial charge is 0.369 e. The molecule has 25 heavy (non-hydrogen) atoms. The van der Waals surface area contributed by atoms with Crippen LogP contribution in [0.1, 0.15) is 43.4 Å². The minimum Gasteiger partial charge on any atom is -0.369 e. The van der Waals surface area contributed by atoms with Crippen molar-refractivity contribution in [2.45, 2.75) is 38.5 Å². The number of carbonyl (C=O) groups excluding carboxylic acids is 1. The zero-order chi connectivity index (χ0) is 18.0. The molecule has 2 heteroatoms. The first kappa shape index (κ1) is 17.2.